The van der Waals surface area contributed by atoms with Gasteiger partial charge in [-0.3, -0.25) is 4.79 Å². The maximum Gasteiger partial charge on any atom is 0.254 e. The summed E-state index contributed by atoms with van der Waals surface area (Å²) in [5.74, 6) is 0.687. The number of carbonyl (C=O) groups is 1. The molecule has 0 N–H and O–H groups in total. The van der Waals surface area contributed by atoms with Crippen molar-refractivity contribution in [3.05, 3.63) is 77.9 Å². The fraction of sp³-hybridized carbons (Fsp3) is 0.292. The number of rotatable bonds is 6. The van der Waals surface area contributed by atoms with Gasteiger partial charge in [0.2, 0.25) is 0 Å². The summed E-state index contributed by atoms with van der Waals surface area (Å²) in [7, 11) is -3.12. The molecule has 4 rings (SSSR count). The van der Waals surface area contributed by atoms with Crippen molar-refractivity contribution in [3.63, 3.8) is 0 Å². The van der Waals surface area contributed by atoms with Gasteiger partial charge in [0.1, 0.15) is 5.75 Å². The van der Waals surface area contributed by atoms with Crippen LogP contribution in [0.25, 0.3) is 10.8 Å². The molecule has 0 aromatic heterocycles. The third kappa shape index (κ3) is 4.33. The second kappa shape index (κ2) is 8.48. The van der Waals surface area contributed by atoms with Gasteiger partial charge in [0, 0.05) is 18.2 Å². The van der Waals surface area contributed by atoms with E-state index in [0.717, 1.165) is 16.3 Å². The monoisotopic (exact) mass is 423 g/mol. The molecule has 0 aliphatic carbocycles. The number of hydrogen-bond acceptors (Lipinski definition) is 4. The molecule has 6 heteroatoms. The molecule has 3 aromatic rings. The van der Waals surface area contributed by atoms with Crippen LogP contribution in [-0.4, -0.2) is 43.4 Å². The summed E-state index contributed by atoms with van der Waals surface area (Å²) in [6, 6.07) is 20.8. The molecule has 1 atom stereocenters. The van der Waals surface area contributed by atoms with Gasteiger partial charge in [0.25, 0.3) is 5.91 Å². The van der Waals surface area contributed by atoms with Crippen molar-refractivity contribution in [3.8, 4) is 5.75 Å². The van der Waals surface area contributed by atoms with Crippen molar-refractivity contribution < 1.29 is 17.9 Å². The van der Waals surface area contributed by atoms with E-state index in [1.165, 1.54) is 0 Å². The first-order valence-corrected chi connectivity index (χ1v) is 12.0. The van der Waals surface area contributed by atoms with Gasteiger partial charge in [-0.2, -0.15) is 0 Å². The highest BCUT2D eigenvalue weighted by Crippen LogP contribution is 2.26. The number of sulfone groups is 1. The van der Waals surface area contributed by atoms with Gasteiger partial charge in [0.05, 0.1) is 18.1 Å². The minimum atomic E-state index is -3.12. The van der Waals surface area contributed by atoms with E-state index < -0.39 is 9.84 Å². The van der Waals surface area contributed by atoms with Crippen molar-refractivity contribution in [1.82, 2.24) is 4.90 Å². The maximum atomic E-state index is 13.4. The highest BCUT2D eigenvalue weighted by molar-refractivity contribution is 7.91. The van der Waals surface area contributed by atoms with Gasteiger partial charge in [-0.1, -0.05) is 42.5 Å². The Morgan fingerprint density at radius 2 is 1.77 bits per heavy atom. The molecule has 1 heterocycles. The number of amides is 1. The van der Waals surface area contributed by atoms with E-state index >= 15 is 0 Å². The topological polar surface area (TPSA) is 63.7 Å². The van der Waals surface area contributed by atoms with E-state index in [1.54, 1.807) is 29.2 Å². The Balaban J connectivity index is 1.68. The lowest BCUT2D eigenvalue weighted by Crippen LogP contribution is -2.40. The number of carbonyl (C=O) groups excluding carboxylic acids is 1. The first-order chi connectivity index (χ1) is 14.5. The zero-order valence-corrected chi connectivity index (χ0v) is 17.8. The summed E-state index contributed by atoms with van der Waals surface area (Å²) in [4.78, 5) is 15.2. The van der Waals surface area contributed by atoms with Crippen LogP contribution in [0.2, 0.25) is 0 Å². The van der Waals surface area contributed by atoms with Crippen molar-refractivity contribution in [2.45, 2.75) is 25.9 Å². The van der Waals surface area contributed by atoms with E-state index in [1.807, 2.05) is 49.4 Å². The first-order valence-electron chi connectivity index (χ1n) is 10.2. The number of nitrogens with zero attached hydrogens (tertiary/aromatic N) is 1. The van der Waals surface area contributed by atoms with E-state index in [9.17, 15) is 13.2 Å². The Kier molecular flexibility index (Phi) is 5.77. The van der Waals surface area contributed by atoms with Crippen LogP contribution in [0, 0.1) is 0 Å². The minimum Gasteiger partial charge on any atom is -0.494 e. The SMILES string of the molecule is CCOc1ccc(C(=O)N(Cc2cccc3ccccc23)[C@@H]2CCS(=O)(=O)C2)cc1. The highest BCUT2D eigenvalue weighted by atomic mass is 32.2. The van der Waals surface area contributed by atoms with Crippen LogP contribution >= 0.6 is 0 Å². The lowest BCUT2D eigenvalue weighted by atomic mass is 10.0. The Bertz CT molecular complexity index is 1150. The molecule has 1 fully saturated rings. The third-order valence-electron chi connectivity index (χ3n) is 5.54. The summed E-state index contributed by atoms with van der Waals surface area (Å²) in [6.45, 7) is 2.83. The van der Waals surface area contributed by atoms with Gasteiger partial charge in [-0.15, -0.1) is 0 Å². The molecular formula is C24H25NO4S. The zero-order chi connectivity index (χ0) is 21.1. The summed E-state index contributed by atoms with van der Waals surface area (Å²) >= 11 is 0. The van der Waals surface area contributed by atoms with Gasteiger partial charge in [-0.05, 0) is 53.9 Å². The molecule has 0 bridgehead atoms. The molecule has 1 amide bonds. The zero-order valence-electron chi connectivity index (χ0n) is 17.0. The Hall–Kier alpha value is -2.86. The maximum absolute atomic E-state index is 13.4. The number of hydrogen-bond donors (Lipinski definition) is 0. The summed E-state index contributed by atoms with van der Waals surface area (Å²) < 4.78 is 29.7. The van der Waals surface area contributed by atoms with Crippen LogP contribution in [0.3, 0.4) is 0 Å². The van der Waals surface area contributed by atoms with E-state index in [2.05, 4.69) is 0 Å². The van der Waals surface area contributed by atoms with Crippen molar-refractivity contribution in [1.29, 1.82) is 0 Å². The molecule has 0 saturated carbocycles. The van der Waals surface area contributed by atoms with Crippen molar-refractivity contribution in [2.24, 2.45) is 0 Å². The molecule has 5 nitrogen and oxygen atoms in total. The molecular weight excluding hydrogens is 398 g/mol. The van der Waals surface area contributed by atoms with E-state index in [0.29, 0.717) is 30.9 Å². The number of ether oxygens (including phenoxy) is 1. The second-order valence-corrected chi connectivity index (χ2v) is 9.81. The normalized spacial score (nSPS) is 17.7. The Labute approximate surface area is 177 Å². The predicted molar refractivity (Wildman–Crippen MR) is 118 cm³/mol. The third-order valence-corrected chi connectivity index (χ3v) is 7.29. The highest BCUT2D eigenvalue weighted by Gasteiger charge is 2.35. The van der Waals surface area contributed by atoms with E-state index in [-0.39, 0.29) is 23.5 Å². The van der Waals surface area contributed by atoms with Crippen molar-refractivity contribution >= 4 is 26.5 Å². The molecule has 30 heavy (non-hydrogen) atoms. The van der Waals surface area contributed by atoms with Crippen LogP contribution in [0.4, 0.5) is 0 Å². The summed E-state index contributed by atoms with van der Waals surface area (Å²) in [5.41, 5.74) is 1.54. The Morgan fingerprint density at radius 1 is 1.03 bits per heavy atom. The van der Waals surface area contributed by atoms with Crippen LogP contribution in [-0.2, 0) is 16.4 Å². The quantitative estimate of drug-likeness (QED) is 0.600. The summed E-state index contributed by atoms with van der Waals surface area (Å²) in [6.07, 6.45) is 0.468. The molecule has 1 aliphatic heterocycles. The molecule has 0 spiro atoms. The molecule has 1 aliphatic rings. The van der Waals surface area contributed by atoms with Crippen molar-refractivity contribution in [2.75, 3.05) is 18.1 Å². The lowest BCUT2D eigenvalue weighted by Gasteiger charge is -2.29. The number of fused-ring (bicyclic) bond motifs is 1. The average molecular weight is 424 g/mol. The number of benzene rings is 3. The smallest absolute Gasteiger partial charge is 0.254 e. The fourth-order valence-corrected chi connectivity index (χ4v) is 5.76. The fourth-order valence-electron chi connectivity index (χ4n) is 4.03. The second-order valence-electron chi connectivity index (χ2n) is 7.59. The summed E-state index contributed by atoms with van der Waals surface area (Å²) in [5, 5.41) is 2.17. The van der Waals surface area contributed by atoms with E-state index in [4.69, 9.17) is 4.74 Å². The van der Waals surface area contributed by atoms with Gasteiger partial charge < -0.3 is 9.64 Å². The average Bonchev–Trinajstić information content (AvgIpc) is 3.12. The van der Waals surface area contributed by atoms with Crippen LogP contribution in [0.5, 0.6) is 5.75 Å². The van der Waals surface area contributed by atoms with Crippen LogP contribution in [0.15, 0.2) is 66.7 Å². The minimum absolute atomic E-state index is 0.0144. The molecule has 1 saturated heterocycles. The molecule has 156 valence electrons. The molecule has 0 radical (unpaired) electrons. The van der Waals surface area contributed by atoms with Gasteiger partial charge >= 0.3 is 0 Å². The Morgan fingerprint density at radius 3 is 2.47 bits per heavy atom. The molecule has 3 aromatic carbocycles. The van der Waals surface area contributed by atoms with Gasteiger partial charge in [-0.25, -0.2) is 8.42 Å². The van der Waals surface area contributed by atoms with Gasteiger partial charge in [0.15, 0.2) is 9.84 Å². The van der Waals surface area contributed by atoms with Crippen LogP contribution < -0.4 is 4.74 Å². The largest absolute Gasteiger partial charge is 0.494 e. The van der Waals surface area contributed by atoms with Crippen LogP contribution in [0.1, 0.15) is 29.3 Å². The first kappa shape index (κ1) is 20.4. The standard InChI is InChI=1S/C24H25NO4S/c1-2-29-22-12-10-19(11-13-22)24(26)25(21-14-15-30(27,28)17-21)16-20-8-5-7-18-6-3-4-9-23(18)20/h3-13,21H,2,14-17H2,1H3/t21-/m1/s1. The lowest BCUT2D eigenvalue weighted by molar-refractivity contribution is 0.0682. The molecule has 0 unspecified atom stereocenters. The predicted octanol–water partition coefficient (Wildman–Crippen LogP) is 4.07.